The van der Waals surface area contributed by atoms with Crippen LogP contribution in [0.2, 0.25) is 0 Å². The zero-order chi connectivity index (χ0) is 24.5. The summed E-state index contributed by atoms with van der Waals surface area (Å²) in [5, 5.41) is 9.35. The molecule has 0 aliphatic heterocycles. The summed E-state index contributed by atoms with van der Waals surface area (Å²) in [7, 11) is 1.74. The topological polar surface area (TPSA) is 63.6 Å². The minimum atomic E-state index is -0.102. The second kappa shape index (κ2) is 12.6. The molecule has 0 aromatic rings. The Morgan fingerprint density at radius 1 is 0.667 bits per heavy atom. The molecule has 0 amide bonds. The van der Waals surface area contributed by atoms with Crippen LogP contribution in [0.25, 0.3) is 0 Å². The predicted octanol–water partition coefficient (Wildman–Crippen LogP) is 6.59. The van der Waals surface area contributed by atoms with E-state index in [9.17, 15) is 14.7 Å². The molecule has 0 saturated carbocycles. The van der Waals surface area contributed by atoms with Crippen LogP contribution in [0.5, 0.6) is 0 Å². The molecule has 2 aliphatic rings. The summed E-state index contributed by atoms with van der Waals surface area (Å²) in [6.45, 7) is 8.52. The minimum Gasteiger partial charge on any atom is -0.396 e. The van der Waals surface area contributed by atoms with Gasteiger partial charge in [0.05, 0.1) is 5.60 Å². The third-order valence-corrected chi connectivity index (χ3v) is 7.04. The fourth-order valence-corrected chi connectivity index (χ4v) is 4.34. The highest BCUT2D eigenvalue weighted by atomic mass is 16.5. The van der Waals surface area contributed by atoms with Crippen molar-refractivity contribution in [2.45, 2.75) is 104 Å². The smallest absolute Gasteiger partial charge is 0.184 e. The lowest BCUT2D eigenvalue weighted by Crippen LogP contribution is -2.21. The molecule has 0 aromatic heterocycles. The van der Waals surface area contributed by atoms with Crippen LogP contribution in [0.3, 0.4) is 0 Å². The average Bonchev–Trinajstić information content (AvgIpc) is 3.31. The van der Waals surface area contributed by atoms with Crippen molar-refractivity contribution in [1.29, 1.82) is 0 Å². The summed E-state index contributed by atoms with van der Waals surface area (Å²) >= 11 is 0. The normalized spacial score (nSPS) is 16.8. The van der Waals surface area contributed by atoms with Gasteiger partial charge in [0.25, 0.3) is 0 Å². The number of ether oxygens (including phenoxy) is 1. The van der Waals surface area contributed by atoms with Crippen LogP contribution >= 0.6 is 0 Å². The Morgan fingerprint density at radius 2 is 1.06 bits per heavy atom. The number of allylic oxidation sites excluding steroid dienone is 8. The number of methoxy groups -OCH3 is 1. The van der Waals surface area contributed by atoms with E-state index in [0.717, 1.165) is 92.9 Å². The molecule has 1 N–H and O–H groups in total. The quantitative estimate of drug-likeness (QED) is 0.266. The van der Waals surface area contributed by atoms with E-state index < -0.39 is 0 Å². The van der Waals surface area contributed by atoms with Gasteiger partial charge in [0, 0.05) is 13.7 Å². The number of hydrogen-bond donors (Lipinski definition) is 1. The van der Waals surface area contributed by atoms with Crippen LogP contribution < -0.4 is 0 Å². The lowest BCUT2D eigenvalue weighted by Gasteiger charge is -2.22. The number of aliphatic hydroxyl groups excluding tert-OH is 1. The van der Waals surface area contributed by atoms with E-state index in [-0.39, 0.29) is 29.2 Å². The Hall–Kier alpha value is -1.78. The monoisotopic (exact) mass is 456 g/mol. The third kappa shape index (κ3) is 8.83. The Bertz CT molecular complexity index is 753. The number of ketones is 2. The van der Waals surface area contributed by atoms with Gasteiger partial charge in [-0.3, -0.25) is 9.59 Å². The van der Waals surface area contributed by atoms with Crippen molar-refractivity contribution < 1.29 is 19.4 Å². The van der Waals surface area contributed by atoms with Gasteiger partial charge in [-0.05, 0) is 99.3 Å². The molecule has 0 heterocycles. The molecule has 184 valence electrons. The van der Waals surface area contributed by atoms with Crippen LogP contribution in [-0.4, -0.2) is 36.0 Å². The summed E-state index contributed by atoms with van der Waals surface area (Å²) < 4.78 is 5.46. The van der Waals surface area contributed by atoms with Crippen molar-refractivity contribution >= 4 is 11.6 Å². The van der Waals surface area contributed by atoms with E-state index in [1.807, 2.05) is 24.3 Å². The zero-order valence-corrected chi connectivity index (χ0v) is 21.5. The molecule has 4 nitrogen and oxygen atoms in total. The maximum absolute atomic E-state index is 12.7. The standard InChI is InChI=1S/C29H44O4/c1-28(2,21-30)19-8-6-11-22-15-17-24(26(22)31)13-10-14-25-18-16-23(27(25)32)12-7-9-20-29(3,4)33-5/h15-18,30H,6-14,19-21H2,1-5H3. The Balaban J connectivity index is 1.62. The molecule has 2 aliphatic carbocycles. The van der Waals surface area contributed by atoms with E-state index in [4.69, 9.17) is 4.74 Å². The van der Waals surface area contributed by atoms with E-state index in [2.05, 4.69) is 27.7 Å². The molecule has 2 rings (SSSR count). The van der Waals surface area contributed by atoms with Gasteiger partial charge in [-0.15, -0.1) is 0 Å². The van der Waals surface area contributed by atoms with Crippen LogP contribution in [0.4, 0.5) is 0 Å². The highest BCUT2D eigenvalue weighted by Crippen LogP contribution is 2.29. The molecule has 0 radical (unpaired) electrons. The first-order valence-corrected chi connectivity index (χ1v) is 12.6. The highest BCUT2D eigenvalue weighted by molar-refractivity contribution is 6.11. The molecule has 33 heavy (non-hydrogen) atoms. The van der Waals surface area contributed by atoms with E-state index in [0.29, 0.717) is 0 Å². The summed E-state index contributed by atoms with van der Waals surface area (Å²) in [5.74, 6) is 0.373. The largest absolute Gasteiger partial charge is 0.396 e. The van der Waals surface area contributed by atoms with Gasteiger partial charge >= 0.3 is 0 Å². The van der Waals surface area contributed by atoms with Crippen molar-refractivity contribution in [3.8, 4) is 0 Å². The number of Topliss-reactive ketones (excluding diaryl/α,β-unsaturated/α-hetero) is 2. The summed E-state index contributed by atoms with van der Waals surface area (Å²) in [6.07, 6.45) is 17.8. The van der Waals surface area contributed by atoms with E-state index in [1.165, 1.54) is 0 Å². The Morgan fingerprint density at radius 3 is 1.45 bits per heavy atom. The van der Waals surface area contributed by atoms with Crippen molar-refractivity contribution in [2.24, 2.45) is 5.41 Å². The van der Waals surface area contributed by atoms with Crippen LogP contribution in [0.15, 0.2) is 46.6 Å². The number of aliphatic hydroxyl groups is 1. The van der Waals surface area contributed by atoms with Crippen molar-refractivity contribution in [3.05, 3.63) is 46.6 Å². The lowest BCUT2D eigenvalue weighted by molar-refractivity contribution is -0.112. The van der Waals surface area contributed by atoms with Crippen molar-refractivity contribution in [1.82, 2.24) is 0 Å². The molecule has 0 atom stereocenters. The first-order valence-electron chi connectivity index (χ1n) is 12.6. The van der Waals surface area contributed by atoms with Crippen molar-refractivity contribution in [3.63, 3.8) is 0 Å². The summed E-state index contributed by atoms with van der Waals surface area (Å²) in [4.78, 5) is 25.3. The molecule has 0 saturated heterocycles. The summed E-state index contributed by atoms with van der Waals surface area (Å²) in [6, 6.07) is 0. The van der Waals surface area contributed by atoms with Gasteiger partial charge in [-0.25, -0.2) is 0 Å². The minimum absolute atomic E-state index is 0.0422. The fourth-order valence-electron chi connectivity index (χ4n) is 4.34. The Labute approximate surface area is 200 Å². The number of unbranched alkanes of at least 4 members (excludes halogenated alkanes) is 2. The van der Waals surface area contributed by atoms with Crippen LogP contribution in [0.1, 0.15) is 98.3 Å². The third-order valence-electron chi connectivity index (χ3n) is 7.04. The molecule has 0 unspecified atom stereocenters. The van der Waals surface area contributed by atoms with Crippen molar-refractivity contribution in [2.75, 3.05) is 13.7 Å². The summed E-state index contributed by atoms with van der Waals surface area (Å²) in [5.41, 5.74) is 3.44. The van der Waals surface area contributed by atoms with Gasteiger partial charge < -0.3 is 9.84 Å². The predicted molar refractivity (Wildman–Crippen MR) is 135 cm³/mol. The zero-order valence-electron chi connectivity index (χ0n) is 21.5. The number of carbonyl (C=O) groups excluding carboxylic acids is 2. The van der Waals surface area contributed by atoms with Gasteiger partial charge in [0.1, 0.15) is 0 Å². The van der Waals surface area contributed by atoms with Gasteiger partial charge in [0.2, 0.25) is 0 Å². The maximum Gasteiger partial charge on any atom is 0.184 e. The molecule has 0 bridgehead atoms. The van der Waals surface area contributed by atoms with Crippen LogP contribution in [0, 0.1) is 5.41 Å². The average molecular weight is 457 g/mol. The van der Waals surface area contributed by atoms with Gasteiger partial charge in [-0.1, -0.05) is 51.0 Å². The highest BCUT2D eigenvalue weighted by Gasteiger charge is 2.23. The van der Waals surface area contributed by atoms with E-state index in [1.54, 1.807) is 7.11 Å². The molecule has 0 aromatic carbocycles. The fraction of sp³-hybridized carbons (Fsp3) is 0.655. The van der Waals surface area contributed by atoms with Gasteiger partial charge in [-0.2, -0.15) is 0 Å². The first-order chi connectivity index (χ1) is 15.6. The van der Waals surface area contributed by atoms with Crippen LogP contribution in [-0.2, 0) is 14.3 Å². The number of rotatable bonds is 16. The Kier molecular flexibility index (Phi) is 10.5. The second-order valence-electron chi connectivity index (χ2n) is 11.0. The molecule has 4 heteroatoms. The molecule has 0 fully saturated rings. The van der Waals surface area contributed by atoms with E-state index >= 15 is 0 Å². The lowest BCUT2D eigenvalue weighted by atomic mass is 9.87. The molecular formula is C29H44O4. The number of carbonyl (C=O) groups is 2. The van der Waals surface area contributed by atoms with Gasteiger partial charge in [0.15, 0.2) is 11.6 Å². The molecular weight excluding hydrogens is 412 g/mol. The second-order valence-corrected chi connectivity index (χ2v) is 11.0. The first kappa shape index (κ1) is 27.5. The number of hydrogen-bond acceptors (Lipinski definition) is 4. The SMILES string of the molecule is COC(C)(C)CCCCC1=CC=C(CCCC2=CC=C(CCCCC(C)(C)CO)C2=O)C1=O. The molecule has 0 spiro atoms. The maximum atomic E-state index is 12.7.